The molecular formula is C15H19NO3. The van der Waals surface area contributed by atoms with Gasteiger partial charge in [0.1, 0.15) is 18.0 Å². The van der Waals surface area contributed by atoms with Crippen molar-refractivity contribution >= 4 is 0 Å². The van der Waals surface area contributed by atoms with Gasteiger partial charge in [0.2, 0.25) is 0 Å². The van der Waals surface area contributed by atoms with E-state index in [0.29, 0.717) is 39.2 Å². The molecule has 0 radical (unpaired) electrons. The molecule has 4 heteroatoms. The zero-order chi connectivity index (χ0) is 13.6. The van der Waals surface area contributed by atoms with Crippen molar-refractivity contribution in [2.75, 3.05) is 26.4 Å². The highest BCUT2D eigenvalue weighted by Gasteiger charge is 2.27. The lowest BCUT2D eigenvalue weighted by Gasteiger charge is -2.26. The summed E-state index contributed by atoms with van der Waals surface area (Å²) < 4.78 is 10.7. The van der Waals surface area contributed by atoms with E-state index >= 15 is 0 Å². The third-order valence-corrected chi connectivity index (χ3v) is 2.98. The molecule has 19 heavy (non-hydrogen) atoms. The Kier molecular flexibility index (Phi) is 4.80. The Labute approximate surface area is 113 Å². The predicted octanol–water partition coefficient (Wildman–Crippen LogP) is 0.917. The maximum Gasteiger partial charge on any atom is 0.130 e. The normalized spacial score (nSPS) is 17.4. The molecule has 0 aliphatic carbocycles. The molecule has 102 valence electrons. The number of nitrogens with two attached hydrogens (primary N) is 1. The van der Waals surface area contributed by atoms with Gasteiger partial charge in [-0.25, -0.2) is 0 Å². The Bertz CT molecular complexity index is 470. The van der Waals surface area contributed by atoms with E-state index in [4.69, 9.17) is 15.2 Å². The number of hydrogen-bond acceptors (Lipinski definition) is 4. The Morgan fingerprint density at radius 2 is 2.16 bits per heavy atom. The molecule has 1 aliphatic heterocycles. The first-order valence-electron chi connectivity index (χ1n) is 6.48. The van der Waals surface area contributed by atoms with Crippen molar-refractivity contribution in [3.8, 4) is 17.6 Å². The number of rotatable bonds is 3. The first-order chi connectivity index (χ1) is 9.22. The maximum absolute atomic E-state index is 10.2. The molecule has 0 atom stereocenters. The molecule has 1 heterocycles. The number of benzene rings is 1. The van der Waals surface area contributed by atoms with Crippen LogP contribution in [-0.4, -0.2) is 37.1 Å². The molecule has 0 saturated carbocycles. The lowest BCUT2D eigenvalue weighted by Crippen LogP contribution is -2.34. The summed E-state index contributed by atoms with van der Waals surface area (Å²) in [6, 6.07) is 7.49. The van der Waals surface area contributed by atoms with E-state index in [-0.39, 0.29) is 0 Å². The molecule has 0 aromatic heterocycles. The summed E-state index contributed by atoms with van der Waals surface area (Å²) in [5.74, 6) is 6.69. The molecular weight excluding hydrogens is 242 g/mol. The van der Waals surface area contributed by atoms with Crippen LogP contribution in [0.5, 0.6) is 5.75 Å². The molecule has 0 spiro atoms. The van der Waals surface area contributed by atoms with Gasteiger partial charge in [0.25, 0.3) is 0 Å². The zero-order valence-corrected chi connectivity index (χ0v) is 10.9. The van der Waals surface area contributed by atoms with Crippen molar-refractivity contribution in [3.05, 3.63) is 29.8 Å². The van der Waals surface area contributed by atoms with Crippen molar-refractivity contribution in [1.82, 2.24) is 0 Å². The summed E-state index contributed by atoms with van der Waals surface area (Å²) in [5.41, 5.74) is 5.29. The Hall–Kier alpha value is -1.54. The van der Waals surface area contributed by atoms with Crippen LogP contribution in [-0.2, 0) is 4.74 Å². The second-order valence-electron chi connectivity index (χ2n) is 4.56. The molecule has 1 saturated heterocycles. The Balaban J connectivity index is 2.06. The van der Waals surface area contributed by atoms with E-state index in [1.807, 2.05) is 24.3 Å². The van der Waals surface area contributed by atoms with Crippen LogP contribution in [0.2, 0.25) is 0 Å². The van der Waals surface area contributed by atoms with Crippen LogP contribution in [0.3, 0.4) is 0 Å². The largest absolute Gasteiger partial charge is 0.492 e. The lowest BCUT2D eigenvalue weighted by molar-refractivity contribution is -0.0261. The van der Waals surface area contributed by atoms with E-state index < -0.39 is 5.60 Å². The zero-order valence-electron chi connectivity index (χ0n) is 10.9. The first kappa shape index (κ1) is 13.9. The van der Waals surface area contributed by atoms with Gasteiger partial charge in [0.15, 0.2) is 0 Å². The minimum Gasteiger partial charge on any atom is -0.492 e. The average molecular weight is 261 g/mol. The van der Waals surface area contributed by atoms with Gasteiger partial charge in [-0.15, -0.1) is 0 Å². The number of hydrogen-bond donors (Lipinski definition) is 2. The standard InChI is InChI=1S/C15H19NO3/c16-8-11-19-14-3-1-2-13(12-14)4-5-15(17)6-9-18-10-7-15/h1-3,12,17H,6-11,16H2. The highest BCUT2D eigenvalue weighted by molar-refractivity contribution is 5.41. The highest BCUT2D eigenvalue weighted by atomic mass is 16.5. The minimum absolute atomic E-state index is 0.482. The van der Waals surface area contributed by atoms with Crippen LogP contribution in [0.25, 0.3) is 0 Å². The first-order valence-corrected chi connectivity index (χ1v) is 6.48. The number of aliphatic hydroxyl groups is 1. The Morgan fingerprint density at radius 1 is 1.37 bits per heavy atom. The summed E-state index contributed by atoms with van der Waals surface area (Å²) in [4.78, 5) is 0. The van der Waals surface area contributed by atoms with Gasteiger partial charge in [-0.05, 0) is 18.2 Å². The van der Waals surface area contributed by atoms with Crippen LogP contribution in [0.1, 0.15) is 18.4 Å². The topological polar surface area (TPSA) is 64.7 Å². The van der Waals surface area contributed by atoms with Crippen LogP contribution >= 0.6 is 0 Å². The second-order valence-corrected chi connectivity index (χ2v) is 4.56. The summed E-state index contributed by atoms with van der Waals surface area (Å²) in [5, 5.41) is 10.2. The van der Waals surface area contributed by atoms with Crippen molar-refractivity contribution in [2.45, 2.75) is 18.4 Å². The summed E-state index contributed by atoms with van der Waals surface area (Å²) in [6.07, 6.45) is 1.12. The van der Waals surface area contributed by atoms with Gasteiger partial charge in [0, 0.05) is 24.9 Å². The average Bonchev–Trinajstić information content (AvgIpc) is 2.44. The highest BCUT2D eigenvalue weighted by Crippen LogP contribution is 2.19. The van der Waals surface area contributed by atoms with Crippen molar-refractivity contribution in [1.29, 1.82) is 0 Å². The summed E-state index contributed by atoms with van der Waals surface area (Å²) in [6.45, 7) is 2.09. The minimum atomic E-state index is -0.924. The fraction of sp³-hybridized carbons (Fsp3) is 0.467. The van der Waals surface area contributed by atoms with Gasteiger partial charge in [-0.3, -0.25) is 0 Å². The fourth-order valence-corrected chi connectivity index (χ4v) is 1.86. The Morgan fingerprint density at radius 3 is 2.89 bits per heavy atom. The molecule has 1 fully saturated rings. The third kappa shape index (κ3) is 4.25. The van der Waals surface area contributed by atoms with Crippen molar-refractivity contribution in [3.63, 3.8) is 0 Å². The summed E-state index contributed by atoms with van der Waals surface area (Å²) in [7, 11) is 0. The van der Waals surface area contributed by atoms with Crippen molar-refractivity contribution < 1.29 is 14.6 Å². The molecule has 0 amide bonds. The van der Waals surface area contributed by atoms with E-state index in [2.05, 4.69) is 11.8 Å². The molecule has 0 bridgehead atoms. The molecule has 1 aromatic rings. The molecule has 1 aliphatic rings. The lowest BCUT2D eigenvalue weighted by atomic mass is 9.95. The van der Waals surface area contributed by atoms with Crippen LogP contribution < -0.4 is 10.5 Å². The molecule has 0 unspecified atom stereocenters. The SMILES string of the molecule is NCCOc1cccc(C#CC2(O)CCOCC2)c1. The molecule has 1 aromatic carbocycles. The van der Waals surface area contributed by atoms with E-state index in [9.17, 15) is 5.11 Å². The smallest absolute Gasteiger partial charge is 0.130 e. The number of ether oxygens (including phenoxy) is 2. The van der Waals surface area contributed by atoms with E-state index in [1.165, 1.54) is 0 Å². The third-order valence-electron chi connectivity index (χ3n) is 2.98. The van der Waals surface area contributed by atoms with Crippen LogP contribution in [0.4, 0.5) is 0 Å². The van der Waals surface area contributed by atoms with Gasteiger partial charge < -0.3 is 20.3 Å². The van der Waals surface area contributed by atoms with Crippen molar-refractivity contribution in [2.24, 2.45) is 5.73 Å². The van der Waals surface area contributed by atoms with E-state index in [1.54, 1.807) is 0 Å². The molecule has 2 rings (SSSR count). The van der Waals surface area contributed by atoms with Gasteiger partial charge >= 0.3 is 0 Å². The quantitative estimate of drug-likeness (QED) is 0.794. The van der Waals surface area contributed by atoms with E-state index in [0.717, 1.165) is 11.3 Å². The second kappa shape index (κ2) is 6.58. The summed E-state index contributed by atoms with van der Waals surface area (Å²) >= 11 is 0. The van der Waals surface area contributed by atoms with Gasteiger partial charge in [0.05, 0.1) is 13.2 Å². The fourth-order valence-electron chi connectivity index (χ4n) is 1.86. The van der Waals surface area contributed by atoms with Crippen LogP contribution in [0, 0.1) is 11.8 Å². The molecule has 3 N–H and O–H groups in total. The molecule has 4 nitrogen and oxygen atoms in total. The monoisotopic (exact) mass is 261 g/mol. The van der Waals surface area contributed by atoms with Gasteiger partial charge in [-0.2, -0.15) is 0 Å². The van der Waals surface area contributed by atoms with Gasteiger partial charge in [-0.1, -0.05) is 17.9 Å². The maximum atomic E-state index is 10.2. The predicted molar refractivity (Wildman–Crippen MR) is 72.9 cm³/mol. The van der Waals surface area contributed by atoms with Crippen LogP contribution in [0.15, 0.2) is 24.3 Å².